The summed E-state index contributed by atoms with van der Waals surface area (Å²) in [5.74, 6) is 2.42. The molecule has 2 heterocycles. The smallest absolute Gasteiger partial charge is 0.250 e. The summed E-state index contributed by atoms with van der Waals surface area (Å²) in [6, 6.07) is 15.9. The number of hydrogen-bond donors (Lipinski definition) is 2. The number of anilines is 2. The van der Waals surface area contributed by atoms with E-state index in [1.165, 1.54) is 0 Å². The molecular formula is C22H25N5O3. The van der Waals surface area contributed by atoms with Crippen LogP contribution in [0.15, 0.2) is 48.5 Å². The molecule has 30 heavy (non-hydrogen) atoms. The van der Waals surface area contributed by atoms with Crippen molar-refractivity contribution < 1.29 is 14.3 Å². The number of carbonyl (C=O) groups excluding carboxylic acids is 1. The fourth-order valence-electron chi connectivity index (χ4n) is 3.60. The Hall–Kier alpha value is -3.55. The molecule has 0 unspecified atom stereocenters. The highest BCUT2D eigenvalue weighted by Gasteiger charge is 2.31. The predicted octanol–water partition coefficient (Wildman–Crippen LogP) is 3.79. The van der Waals surface area contributed by atoms with Crippen molar-refractivity contribution in [3.63, 3.8) is 0 Å². The van der Waals surface area contributed by atoms with Gasteiger partial charge in [0, 0.05) is 6.42 Å². The first kappa shape index (κ1) is 19.8. The highest BCUT2D eigenvalue weighted by atomic mass is 16.5. The van der Waals surface area contributed by atoms with Crippen LogP contribution in [0.1, 0.15) is 43.0 Å². The molecule has 0 bridgehead atoms. The Labute approximate surface area is 175 Å². The fourth-order valence-corrected chi connectivity index (χ4v) is 3.60. The number of nitrogens with zero attached hydrogens (tertiary/aromatic N) is 3. The zero-order valence-corrected chi connectivity index (χ0v) is 17.3. The molecule has 8 heteroatoms. The summed E-state index contributed by atoms with van der Waals surface area (Å²) in [4.78, 5) is 16.3. The maximum atomic E-state index is 11.8. The van der Waals surface area contributed by atoms with Gasteiger partial charge in [-0.3, -0.25) is 10.1 Å². The quantitative estimate of drug-likeness (QED) is 0.646. The van der Waals surface area contributed by atoms with Crippen molar-refractivity contribution in [3.8, 4) is 11.5 Å². The zero-order valence-electron chi connectivity index (χ0n) is 17.3. The molecule has 0 aliphatic carbocycles. The average Bonchev–Trinajstić information content (AvgIpc) is 3.20. The summed E-state index contributed by atoms with van der Waals surface area (Å²) < 4.78 is 12.4. The minimum atomic E-state index is -0.120. The number of rotatable bonds is 6. The molecule has 0 spiro atoms. The van der Waals surface area contributed by atoms with Gasteiger partial charge in [0.15, 0.2) is 0 Å². The molecule has 1 aliphatic rings. The molecule has 0 saturated heterocycles. The molecular weight excluding hydrogens is 382 g/mol. The highest BCUT2D eigenvalue weighted by molar-refractivity contribution is 5.88. The third-order valence-corrected chi connectivity index (χ3v) is 5.28. The third-order valence-electron chi connectivity index (χ3n) is 5.28. The number of aromatic nitrogens is 3. The first-order valence-electron chi connectivity index (χ1n) is 9.92. The maximum Gasteiger partial charge on any atom is 0.250 e. The van der Waals surface area contributed by atoms with Gasteiger partial charge in [-0.15, -0.1) is 5.10 Å². The topological polar surface area (TPSA) is 90.3 Å². The van der Waals surface area contributed by atoms with Crippen LogP contribution in [-0.4, -0.2) is 34.9 Å². The van der Waals surface area contributed by atoms with Gasteiger partial charge in [0.05, 0.1) is 26.3 Å². The van der Waals surface area contributed by atoms with E-state index in [4.69, 9.17) is 9.47 Å². The largest absolute Gasteiger partial charge is 0.497 e. The van der Waals surface area contributed by atoms with Crippen molar-refractivity contribution in [2.24, 2.45) is 0 Å². The van der Waals surface area contributed by atoms with Crippen LogP contribution in [-0.2, 0) is 4.79 Å². The van der Waals surface area contributed by atoms with E-state index >= 15 is 0 Å². The Kier molecular flexibility index (Phi) is 5.56. The van der Waals surface area contributed by atoms with Crippen LogP contribution in [0.2, 0.25) is 0 Å². The van der Waals surface area contributed by atoms with Gasteiger partial charge in [-0.2, -0.15) is 4.98 Å². The second-order valence-corrected chi connectivity index (χ2v) is 7.10. The van der Waals surface area contributed by atoms with Gasteiger partial charge in [0.25, 0.3) is 5.95 Å². The monoisotopic (exact) mass is 407 g/mol. The molecule has 8 nitrogen and oxygen atoms in total. The van der Waals surface area contributed by atoms with E-state index in [0.29, 0.717) is 18.3 Å². The number of methoxy groups -OCH3 is 2. The standard InChI is InChI=1S/C22H25N5O3/c1-4-20(28)24-21-25-22-23-18(14-5-9-16(29-2)10-6-14)13-19(27(22)26-21)15-7-11-17(30-3)12-8-15/h5-12,18-19H,4,13H2,1-3H3,(H2,23,24,25,26,28)/t18-,19+/m1/s1. The van der Waals surface area contributed by atoms with Gasteiger partial charge in [-0.05, 0) is 41.8 Å². The van der Waals surface area contributed by atoms with Crippen LogP contribution in [0.4, 0.5) is 11.9 Å². The SMILES string of the molecule is CCC(=O)Nc1nc2n(n1)[C@H](c1ccc(OC)cc1)C[C@H](c1ccc(OC)cc1)N2. The van der Waals surface area contributed by atoms with E-state index in [9.17, 15) is 4.79 Å². The van der Waals surface area contributed by atoms with Gasteiger partial charge in [-0.25, -0.2) is 4.68 Å². The Balaban J connectivity index is 1.70. The minimum Gasteiger partial charge on any atom is -0.497 e. The van der Waals surface area contributed by atoms with Gasteiger partial charge < -0.3 is 14.8 Å². The van der Waals surface area contributed by atoms with Crippen molar-refractivity contribution in [2.45, 2.75) is 31.8 Å². The second-order valence-electron chi connectivity index (χ2n) is 7.10. The second kappa shape index (κ2) is 8.44. The van der Waals surface area contributed by atoms with Gasteiger partial charge >= 0.3 is 0 Å². The molecule has 0 radical (unpaired) electrons. The summed E-state index contributed by atoms with van der Waals surface area (Å²) in [5, 5.41) is 10.8. The van der Waals surface area contributed by atoms with Crippen LogP contribution in [0.3, 0.4) is 0 Å². The lowest BCUT2D eigenvalue weighted by molar-refractivity contribution is -0.115. The first-order valence-corrected chi connectivity index (χ1v) is 9.92. The fraction of sp³-hybridized carbons (Fsp3) is 0.318. The lowest BCUT2D eigenvalue weighted by atomic mass is 9.93. The molecule has 4 rings (SSSR count). The van der Waals surface area contributed by atoms with Crippen LogP contribution < -0.4 is 20.1 Å². The van der Waals surface area contributed by atoms with Crippen molar-refractivity contribution in [2.75, 3.05) is 24.9 Å². The number of ether oxygens (including phenoxy) is 2. The summed E-state index contributed by atoms with van der Waals surface area (Å²) in [6.07, 6.45) is 1.14. The number of fused-ring (bicyclic) bond motifs is 1. The Morgan fingerprint density at radius 2 is 1.67 bits per heavy atom. The Morgan fingerprint density at radius 1 is 1.07 bits per heavy atom. The molecule has 2 aromatic carbocycles. The van der Waals surface area contributed by atoms with Crippen molar-refractivity contribution >= 4 is 17.8 Å². The van der Waals surface area contributed by atoms with Crippen LogP contribution in [0.25, 0.3) is 0 Å². The Bertz CT molecular complexity index is 1010. The average molecular weight is 407 g/mol. The number of benzene rings is 2. The molecule has 0 fully saturated rings. The van der Waals surface area contributed by atoms with E-state index in [2.05, 4.69) is 20.7 Å². The van der Waals surface area contributed by atoms with E-state index in [1.807, 2.05) is 53.2 Å². The number of hydrogen-bond acceptors (Lipinski definition) is 6. The van der Waals surface area contributed by atoms with E-state index in [1.54, 1.807) is 21.1 Å². The van der Waals surface area contributed by atoms with Gasteiger partial charge in [0.1, 0.15) is 11.5 Å². The van der Waals surface area contributed by atoms with Crippen LogP contribution in [0.5, 0.6) is 11.5 Å². The molecule has 156 valence electrons. The van der Waals surface area contributed by atoms with E-state index in [-0.39, 0.29) is 18.0 Å². The maximum absolute atomic E-state index is 11.8. The van der Waals surface area contributed by atoms with E-state index in [0.717, 1.165) is 29.0 Å². The molecule has 3 aromatic rings. The number of nitrogens with one attached hydrogen (secondary N) is 2. The van der Waals surface area contributed by atoms with Crippen molar-refractivity contribution in [1.29, 1.82) is 0 Å². The summed E-state index contributed by atoms with van der Waals surface area (Å²) in [7, 11) is 3.31. The summed E-state index contributed by atoms with van der Waals surface area (Å²) in [5.41, 5.74) is 2.22. The molecule has 1 aliphatic heterocycles. The zero-order chi connectivity index (χ0) is 21.1. The van der Waals surface area contributed by atoms with E-state index < -0.39 is 0 Å². The lowest BCUT2D eigenvalue weighted by Gasteiger charge is -2.31. The predicted molar refractivity (Wildman–Crippen MR) is 114 cm³/mol. The Morgan fingerprint density at radius 3 is 2.23 bits per heavy atom. The molecule has 1 aromatic heterocycles. The first-order chi connectivity index (χ1) is 14.6. The van der Waals surface area contributed by atoms with Crippen molar-refractivity contribution in [1.82, 2.24) is 14.8 Å². The van der Waals surface area contributed by atoms with Crippen LogP contribution in [0, 0.1) is 0 Å². The summed E-state index contributed by atoms with van der Waals surface area (Å²) >= 11 is 0. The molecule has 1 amide bonds. The molecule has 0 saturated carbocycles. The van der Waals surface area contributed by atoms with Crippen LogP contribution >= 0.6 is 0 Å². The molecule has 2 atom stereocenters. The number of carbonyl (C=O) groups is 1. The minimum absolute atomic E-state index is 0.0365. The van der Waals surface area contributed by atoms with Gasteiger partial charge in [0.2, 0.25) is 11.9 Å². The lowest BCUT2D eigenvalue weighted by Crippen LogP contribution is -2.28. The van der Waals surface area contributed by atoms with Crippen molar-refractivity contribution in [3.05, 3.63) is 59.7 Å². The third kappa shape index (κ3) is 3.94. The summed E-state index contributed by atoms with van der Waals surface area (Å²) in [6.45, 7) is 1.80. The molecule has 2 N–H and O–H groups in total. The normalized spacial score (nSPS) is 17.6. The number of amides is 1. The van der Waals surface area contributed by atoms with Gasteiger partial charge in [-0.1, -0.05) is 31.2 Å². The highest BCUT2D eigenvalue weighted by Crippen LogP contribution is 2.38.